The van der Waals surface area contributed by atoms with Crippen LogP contribution in [-0.2, 0) is 19.5 Å². The quantitative estimate of drug-likeness (QED) is 0.655. The number of hydrogen-bond acceptors (Lipinski definition) is 4. The van der Waals surface area contributed by atoms with Crippen molar-refractivity contribution in [3.8, 4) is 0 Å². The summed E-state index contributed by atoms with van der Waals surface area (Å²) < 4.78 is 3.99. The predicted molar refractivity (Wildman–Crippen MR) is 81.3 cm³/mol. The molecule has 3 aromatic heterocycles. The Morgan fingerprint density at radius 2 is 2.19 bits per heavy atom. The first kappa shape index (κ1) is 14.0. The van der Waals surface area contributed by atoms with Gasteiger partial charge in [0.2, 0.25) is 0 Å². The first-order valence-electron chi connectivity index (χ1n) is 7.00. The van der Waals surface area contributed by atoms with Gasteiger partial charge < -0.3 is 4.57 Å². The fourth-order valence-electron chi connectivity index (χ4n) is 2.41. The first-order chi connectivity index (χ1) is 10.3. The lowest BCUT2D eigenvalue weighted by Crippen LogP contribution is -2.09. The monoisotopic (exact) mass is 304 g/mol. The zero-order chi connectivity index (χ0) is 14.7. The molecule has 0 spiro atoms. The molecule has 0 N–H and O–H groups in total. The van der Waals surface area contributed by atoms with E-state index in [4.69, 9.17) is 11.6 Å². The van der Waals surface area contributed by atoms with Crippen molar-refractivity contribution in [3.63, 3.8) is 0 Å². The Bertz CT molecular complexity index is 718. The zero-order valence-electron chi connectivity index (χ0n) is 11.9. The maximum atomic E-state index is 5.89. The second-order valence-corrected chi connectivity index (χ2v) is 5.37. The standard InChI is InChI=1S/C14H17ClN6/c1-11-9-12-14(16-10-11)21(13(18-12)3-4-15)7-2-6-20-8-5-17-19-20/h5,8-10H,2-4,6-7H2,1H3. The number of aryl methyl sites for hydroxylation is 4. The minimum Gasteiger partial charge on any atom is -0.313 e. The summed E-state index contributed by atoms with van der Waals surface area (Å²) in [5, 5.41) is 7.78. The fraction of sp³-hybridized carbons (Fsp3) is 0.429. The topological polar surface area (TPSA) is 61.4 Å². The Labute approximate surface area is 127 Å². The van der Waals surface area contributed by atoms with Gasteiger partial charge in [-0.2, -0.15) is 0 Å². The van der Waals surface area contributed by atoms with Crippen molar-refractivity contribution in [1.29, 1.82) is 0 Å². The lowest BCUT2D eigenvalue weighted by Gasteiger charge is -2.07. The van der Waals surface area contributed by atoms with E-state index in [2.05, 4.69) is 30.9 Å². The molecule has 7 heteroatoms. The molecule has 0 aromatic carbocycles. The van der Waals surface area contributed by atoms with E-state index in [1.807, 2.05) is 24.0 Å². The molecule has 0 amide bonds. The van der Waals surface area contributed by atoms with Crippen molar-refractivity contribution in [2.45, 2.75) is 32.9 Å². The minimum absolute atomic E-state index is 0.561. The largest absolute Gasteiger partial charge is 0.313 e. The molecule has 6 nitrogen and oxygen atoms in total. The summed E-state index contributed by atoms with van der Waals surface area (Å²) >= 11 is 5.89. The van der Waals surface area contributed by atoms with Crippen LogP contribution in [0.2, 0.25) is 0 Å². The molecule has 0 fully saturated rings. The summed E-state index contributed by atoms with van der Waals surface area (Å²) in [4.78, 5) is 9.18. The highest BCUT2D eigenvalue weighted by Gasteiger charge is 2.11. The van der Waals surface area contributed by atoms with Crippen LogP contribution in [0.4, 0.5) is 0 Å². The second kappa shape index (κ2) is 6.22. The number of hydrogen-bond donors (Lipinski definition) is 0. The number of rotatable bonds is 6. The molecule has 0 saturated carbocycles. The molecular formula is C14H17ClN6. The summed E-state index contributed by atoms with van der Waals surface area (Å²) in [6, 6.07) is 2.06. The highest BCUT2D eigenvalue weighted by molar-refractivity contribution is 6.17. The molecule has 0 aliphatic heterocycles. The van der Waals surface area contributed by atoms with Gasteiger partial charge in [0.15, 0.2) is 5.65 Å². The lowest BCUT2D eigenvalue weighted by atomic mass is 10.3. The highest BCUT2D eigenvalue weighted by atomic mass is 35.5. The Morgan fingerprint density at radius 3 is 2.95 bits per heavy atom. The zero-order valence-corrected chi connectivity index (χ0v) is 12.7. The molecule has 0 aliphatic carbocycles. The van der Waals surface area contributed by atoms with Gasteiger partial charge in [-0.3, -0.25) is 4.68 Å². The van der Waals surface area contributed by atoms with Gasteiger partial charge in [0.1, 0.15) is 11.3 Å². The SMILES string of the molecule is Cc1cnc2c(c1)nc(CCCl)n2CCCn1ccnn1. The van der Waals surface area contributed by atoms with Crippen molar-refractivity contribution in [3.05, 3.63) is 36.0 Å². The van der Waals surface area contributed by atoms with E-state index in [1.54, 1.807) is 6.20 Å². The van der Waals surface area contributed by atoms with E-state index in [0.717, 1.165) is 48.5 Å². The molecule has 0 radical (unpaired) electrons. The van der Waals surface area contributed by atoms with Crippen LogP contribution < -0.4 is 0 Å². The summed E-state index contributed by atoms with van der Waals surface area (Å²) in [5.41, 5.74) is 2.99. The molecule has 3 rings (SSSR count). The van der Waals surface area contributed by atoms with Gasteiger partial charge in [0.25, 0.3) is 0 Å². The molecule has 3 aromatic rings. The van der Waals surface area contributed by atoms with E-state index in [-0.39, 0.29) is 0 Å². The van der Waals surface area contributed by atoms with E-state index in [0.29, 0.717) is 5.88 Å². The van der Waals surface area contributed by atoms with Gasteiger partial charge >= 0.3 is 0 Å². The summed E-state index contributed by atoms with van der Waals surface area (Å²) in [7, 11) is 0. The van der Waals surface area contributed by atoms with Crippen LogP contribution in [0.25, 0.3) is 11.2 Å². The van der Waals surface area contributed by atoms with Crippen molar-refractivity contribution >= 4 is 22.8 Å². The number of halogens is 1. The lowest BCUT2D eigenvalue weighted by molar-refractivity contribution is 0.511. The number of imidazole rings is 1. The van der Waals surface area contributed by atoms with Crippen LogP contribution in [0, 0.1) is 6.92 Å². The maximum Gasteiger partial charge on any atom is 0.160 e. The van der Waals surface area contributed by atoms with Crippen LogP contribution in [0.1, 0.15) is 17.8 Å². The Hall–Kier alpha value is -1.95. The molecule has 3 heterocycles. The third-order valence-electron chi connectivity index (χ3n) is 3.36. The minimum atomic E-state index is 0.561. The van der Waals surface area contributed by atoms with Gasteiger partial charge in [0.05, 0.1) is 6.20 Å². The molecule has 0 unspecified atom stereocenters. The molecule has 0 atom stereocenters. The van der Waals surface area contributed by atoms with Crippen LogP contribution in [0.3, 0.4) is 0 Å². The van der Waals surface area contributed by atoms with Crippen LogP contribution in [0.5, 0.6) is 0 Å². The number of nitrogens with zero attached hydrogens (tertiary/aromatic N) is 6. The number of pyridine rings is 1. The molecule has 110 valence electrons. The van der Waals surface area contributed by atoms with Gasteiger partial charge in [-0.15, -0.1) is 16.7 Å². The van der Waals surface area contributed by atoms with Gasteiger partial charge in [0, 0.05) is 37.8 Å². The van der Waals surface area contributed by atoms with Crippen LogP contribution in [0.15, 0.2) is 24.7 Å². The van der Waals surface area contributed by atoms with Gasteiger partial charge in [-0.25, -0.2) is 9.97 Å². The Morgan fingerprint density at radius 1 is 1.29 bits per heavy atom. The van der Waals surface area contributed by atoms with Gasteiger partial charge in [-0.1, -0.05) is 5.21 Å². The molecular weight excluding hydrogens is 288 g/mol. The summed E-state index contributed by atoms with van der Waals surface area (Å²) in [6.45, 7) is 3.70. The highest BCUT2D eigenvalue weighted by Crippen LogP contribution is 2.16. The van der Waals surface area contributed by atoms with Crippen molar-refractivity contribution in [1.82, 2.24) is 29.5 Å². The maximum absolute atomic E-state index is 5.89. The van der Waals surface area contributed by atoms with Gasteiger partial charge in [-0.05, 0) is 25.0 Å². The van der Waals surface area contributed by atoms with E-state index in [9.17, 15) is 0 Å². The van der Waals surface area contributed by atoms with Crippen LogP contribution >= 0.6 is 11.6 Å². The molecule has 0 aliphatic rings. The average Bonchev–Trinajstić information content (AvgIpc) is 3.08. The number of fused-ring (bicyclic) bond motifs is 1. The second-order valence-electron chi connectivity index (χ2n) is 4.99. The molecule has 0 bridgehead atoms. The number of alkyl halides is 1. The van der Waals surface area contributed by atoms with E-state index >= 15 is 0 Å². The number of aromatic nitrogens is 6. The first-order valence-corrected chi connectivity index (χ1v) is 7.53. The Kier molecular flexibility index (Phi) is 4.15. The smallest absolute Gasteiger partial charge is 0.160 e. The normalized spacial score (nSPS) is 11.3. The fourth-order valence-corrected chi connectivity index (χ4v) is 2.58. The van der Waals surface area contributed by atoms with E-state index in [1.165, 1.54) is 0 Å². The third kappa shape index (κ3) is 3.05. The van der Waals surface area contributed by atoms with Crippen LogP contribution in [-0.4, -0.2) is 35.4 Å². The van der Waals surface area contributed by atoms with Crippen molar-refractivity contribution in [2.75, 3.05) is 5.88 Å². The summed E-state index contributed by atoms with van der Waals surface area (Å²) in [5.74, 6) is 1.56. The van der Waals surface area contributed by atoms with Crippen molar-refractivity contribution < 1.29 is 0 Å². The predicted octanol–water partition coefficient (Wildman–Crippen LogP) is 2.20. The average molecular weight is 305 g/mol. The van der Waals surface area contributed by atoms with Crippen molar-refractivity contribution in [2.24, 2.45) is 0 Å². The molecule has 0 saturated heterocycles. The summed E-state index contributed by atoms with van der Waals surface area (Å²) in [6.07, 6.45) is 7.13. The van der Waals surface area contributed by atoms with E-state index < -0.39 is 0 Å². The molecule has 21 heavy (non-hydrogen) atoms. The Balaban J connectivity index is 1.82. The third-order valence-corrected chi connectivity index (χ3v) is 3.55.